The minimum Gasteiger partial charge on any atom is -0.370 e. The second-order valence-electron chi connectivity index (χ2n) is 3.62. The Morgan fingerprint density at radius 1 is 1.38 bits per heavy atom. The molecule has 0 saturated carbocycles. The maximum atomic E-state index is 5.60. The van der Waals surface area contributed by atoms with E-state index >= 15 is 0 Å². The molecule has 16 heavy (non-hydrogen) atoms. The van der Waals surface area contributed by atoms with Gasteiger partial charge in [-0.2, -0.15) is 5.10 Å². The van der Waals surface area contributed by atoms with E-state index in [0.717, 1.165) is 16.9 Å². The van der Waals surface area contributed by atoms with Gasteiger partial charge >= 0.3 is 0 Å². The molecule has 0 radical (unpaired) electrons. The van der Waals surface area contributed by atoms with Gasteiger partial charge in [0.15, 0.2) is 5.96 Å². The quantitative estimate of drug-likeness (QED) is 0.745. The Morgan fingerprint density at radius 3 is 3.12 bits per heavy atom. The van der Waals surface area contributed by atoms with Gasteiger partial charge in [0.1, 0.15) is 0 Å². The van der Waals surface area contributed by atoms with Crippen LogP contribution >= 0.6 is 0 Å². The summed E-state index contributed by atoms with van der Waals surface area (Å²) in [6.07, 6.45) is 3.67. The molecule has 0 fully saturated rings. The van der Waals surface area contributed by atoms with E-state index in [-0.39, 0.29) is 0 Å². The van der Waals surface area contributed by atoms with Crippen LogP contribution in [-0.4, -0.2) is 15.7 Å². The van der Waals surface area contributed by atoms with Gasteiger partial charge in [-0.1, -0.05) is 0 Å². The second kappa shape index (κ2) is 3.37. The van der Waals surface area contributed by atoms with Gasteiger partial charge in [0.25, 0.3) is 0 Å². The summed E-state index contributed by atoms with van der Waals surface area (Å²) in [5.74, 6) is 0.472. The Labute approximate surface area is 92.6 Å². The van der Waals surface area contributed by atoms with Gasteiger partial charge in [-0.15, -0.1) is 0 Å². The highest BCUT2D eigenvalue weighted by molar-refractivity contribution is 5.94. The van der Waals surface area contributed by atoms with Gasteiger partial charge in [0.05, 0.1) is 12.2 Å². The zero-order chi connectivity index (χ0) is 11.0. The molecule has 0 aliphatic carbocycles. The third kappa shape index (κ3) is 1.42. The van der Waals surface area contributed by atoms with Crippen molar-refractivity contribution in [1.29, 1.82) is 0 Å². The highest BCUT2D eigenvalue weighted by atomic mass is 15.3. The molecule has 1 aliphatic heterocycles. The average Bonchev–Trinajstić information content (AvgIpc) is 2.82. The van der Waals surface area contributed by atoms with Crippen LogP contribution in [0, 0.1) is 0 Å². The number of nitrogens with zero attached hydrogens (tertiary/aromatic N) is 3. The van der Waals surface area contributed by atoms with Gasteiger partial charge in [-0.3, -0.25) is 0 Å². The molecular weight excluding hydrogens is 202 g/mol. The van der Waals surface area contributed by atoms with Crippen LogP contribution in [0.4, 0.5) is 5.69 Å². The Kier molecular flexibility index (Phi) is 1.89. The number of benzene rings is 1. The number of aromatic nitrogens is 2. The lowest BCUT2D eigenvalue weighted by molar-refractivity contribution is 0.875. The maximum absolute atomic E-state index is 5.60. The minimum atomic E-state index is 0.472. The van der Waals surface area contributed by atoms with Crippen LogP contribution < -0.4 is 11.1 Å². The number of nitrogens with one attached hydrogen (secondary N) is 1. The van der Waals surface area contributed by atoms with Gasteiger partial charge in [0, 0.05) is 18.1 Å². The average molecular weight is 213 g/mol. The summed E-state index contributed by atoms with van der Waals surface area (Å²) in [6, 6.07) is 7.95. The molecule has 0 amide bonds. The summed E-state index contributed by atoms with van der Waals surface area (Å²) >= 11 is 0. The second-order valence-corrected chi connectivity index (χ2v) is 3.62. The van der Waals surface area contributed by atoms with E-state index in [1.165, 1.54) is 0 Å². The first-order valence-corrected chi connectivity index (χ1v) is 5.03. The largest absolute Gasteiger partial charge is 0.370 e. The topological polar surface area (TPSA) is 68.2 Å². The fourth-order valence-corrected chi connectivity index (χ4v) is 1.74. The normalized spacial score (nSPS) is 13.9. The van der Waals surface area contributed by atoms with Crippen molar-refractivity contribution in [2.75, 3.05) is 5.32 Å². The zero-order valence-electron chi connectivity index (χ0n) is 8.59. The zero-order valence-corrected chi connectivity index (χ0v) is 8.59. The number of rotatable bonds is 1. The van der Waals surface area contributed by atoms with Crippen molar-refractivity contribution in [3.63, 3.8) is 0 Å². The van der Waals surface area contributed by atoms with Crippen LogP contribution in [0.1, 0.15) is 5.56 Å². The van der Waals surface area contributed by atoms with Crippen molar-refractivity contribution in [2.45, 2.75) is 6.54 Å². The first kappa shape index (κ1) is 8.96. The molecule has 5 heteroatoms. The van der Waals surface area contributed by atoms with E-state index in [1.807, 2.05) is 29.1 Å². The van der Waals surface area contributed by atoms with Crippen LogP contribution in [0.2, 0.25) is 0 Å². The Balaban J connectivity index is 2.03. The molecule has 1 aromatic carbocycles. The predicted molar refractivity (Wildman–Crippen MR) is 62.5 cm³/mol. The lowest BCUT2D eigenvalue weighted by Gasteiger charge is -2.16. The molecular formula is C11H11N5. The lowest BCUT2D eigenvalue weighted by Crippen LogP contribution is -2.26. The third-order valence-electron chi connectivity index (χ3n) is 2.54. The Morgan fingerprint density at radius 2 is 2.31 bits per heavy atom. The van der Waals surface area contributed by atoms with Crippen LogP contribution in [-0.2, 0) is 6.54 Å². The molecule has 3 N–H and O–H groups in total. The van der Waals surface area contributed by atoms with Gasteiger partial charge < -0.3 is 11.1 Å². The van der Waals surface area contributed by atoms with E-state index in [4.69, 9.17) is 5.73 Å². The standard InChI is InChI=1S/C11H11N5/c12-11-13-7-8-6-9(2-3-10(8)15-11)16-5-1-4-14-16/h1-6H,7H2,(H3,12,13,15). The summed E-state index contributed by atoms with van der Waals surface area (Å²) in [5, 5.41) is 7.22. The Bertz CT molecular complexity index is 542. The fourth-order valence-electron chi connectivity index (χ4n) is 1.74. The van der Waals surface area contributed by atoms with Gasteiger partial charge in [-0.25, -0.2) is 9.67 Å². The van der Waals surface area contributed by atoms with Gasteiger partial charge in [-0.05, 0) is 29.8 Å². The van der Waals surface area contributed by atoms with E-state index in [2.05, 4.69) is 21.5 Å². The van der Waals surface area contributed by atoms with Crippen molar-refractivity contribution in [3.8, 4) is 5.69 Å². The molecule has 0 saturated heterocycles. The monoisotopic (exact) mass is 213 g/mol. The minimum absolute atomic E-state index is 0.472. The number of anilines is 1. The van der Waals surface area contributed by atoms with Gasteiger partial charge in [0.2, 0.25) is 0 Å². The van der Waals surface area contributed by atoms with Crippen LogP contribution in [0.15, 0.2) is 41.7 Å². The molecule has 0 bridgehead atoms. The molecule has 80 valence electrons. The first-order valence-electron chi connectivity index (χ1n) is 5.03. The number of guanidine groups is 1. The van der Waals surface area contributed by atoms with E-state index < -0.39 is 0 Å². The molecule has 2 heterocycles. The maximum Gasteiger partial charge on any atom is 0.193 e. The summed E-state index contributed by atoms with van der Waals surface area (Å²) in [4.78, 5) is 4.15. The van der Waals surface area contributed by atoms with Crippen LogP contribution in [0.5, 0.6) is 0 Å². The highest BCUT2D eigenvalue weighted by Crippen LogP contribution is 2.22. The molecule has 0 spiro atoms. The number of hydrogen-bond donors (Lipinski definition) is 2. The summed E-state index contributed by atoms with van der Waals surface area (Å²) in [6.45, 7) is 0.614. The third-order valence-corrected chi connectivity index (χ3v) is 2.54. The summed E-state index contributed by atoms with van der Waals surface area (Å²) < 4.78 is 1.82. The van der Waals surface area contributed by atoms with Crippen molar-refractivity contribution in [3.05, 3.63) is 42.2 Å². The van der Waals surface area contributed by atoms with Crippen molar-refractivity contribution in [2.24, 2.45) is 10.7 Å². The van der Waals surface area contributed by atoms with Crippen molar-refractivity contribution < 1.29 is 0 Å². The van der Waals surface area contributed by atoms with E-state index in [0.29, 0.717) is 12.5 Å². The lowest BCUT2D eigenvalue weighted by atomic mass is 10.1. The predicted octanol–water partition coefficient (Wildman–Crippen LogP) is 1.11. The number of aliphatic imine (C=N–C) groups is 1. The number of hydrogen-bond acceptors (Lipinski definition) is 4. The SMILES string of the molecule is NC1=NCc2cc(-n3cccn3)ccc2N1. The highest BCUT2D eigenvalue weighted by Gasteiger charge is 2.10. The molecule has 3 rings (SSSR count). The Hall–Kier alpha value is -2.30. The number of fused-ring (bicyclic) bond motifs is 1. The first-order chi connectivity index (χ1) is 7.83. The summed E-state index contributed by atoms with van der Waals surface area (Å²) in [5.41, 5.74) is 8.78. The van der Waals surface area contributed by atoms with E-state index in [9.17, 15) is 0 Å². The van der Waals surface area contributed by atoms with E-state index in [1.54, 1.807) is 6.20 Å². The fraction of sp³-hybridized carbons (Fsp3) is 0.0909. The number of nitrogens with two attached hydrogens (primary N) is 1. The molecule has 2 aromatic rings. The van der Waals surface area contributed by atoms with Crippen molar-refractivity contribution in [1.82, 2.24) is 9.78 Å². The molecule has 0 unspecified atom stereocenters. The molecule has 1 aromatic heterocycles. The summed E-state index contributed by atoms with van der Waals surface area (Å²) in [7, 11) is 0. The van der Waals surface area contributed by atoms with Crippen LogP contribution in [0.25, 0.3) is 5.69 Å². The molecule has 0 atom stereocenters. The van der Waals surface area contributed by atoms with Crippen molar-refractivity contribution >= 4 is 11.6 Å². The molecule has 1 aliphatic rings. The molecule has 5 nitrogen and oxygen atoms in total. The van der Waals surface area contributed by atoms with Crippen LogP contribution in [0.3, 0.4) is 0 Å². The smallest absolute Gasteiger partial charge is 0.193 e.